The molecular weight excluding hydrogens is 178 g/mol. The third-order valence-electron chi connectivity index (χ3n) is 0. The molecule has 0 radical (unpaired) electrons. The van der Waals surface area contributed by atoms with Gasteiger partial charge in [-0.3, -0.25) is 0 Å². The Balaban J connectivity index is -0.0000000267. The first-order chi connectivity index (χ1) is 2.00. The van der Waals surface area contributed by atoms with Crippen molar-refractivity contribution >= 4 is 57.5 Å². The van der Waals surface area contributed by atoms with Crippen molar-refractivity contribution in [2.45, 2.75) is 0 Å². The molecule has 0 aromatic heterocycles. The Bertz CT molecular complexity index is 31.5. The first-order valence-corrected chi connectivity index (χ1v) is 2.68. The van der Waals surface area contributed by atoms with Crippen LogP contribution < -0.4 is 0 Å². The fourth-order valence-electron chi connectivity index (χ4n) is 0. The molecule has 44 valence electrons. The Hall–Kier alpha value is 2.17. The molecule has 0 unspecified atom stereocenters. The van der Waals surface area contributed by atoms with Gasteiger partial charge in [-0.05, 0) is 0 Å². The molecule has 0 saturated heterocycles. The molecule has 0 saturated carbocycles. The average Bonchev–Trinajstić information content (AvgIpc) is 0.722. The molecule has 8 heteroatoms. The molecule has 0 spiro atoms. The van der Waals surface area contributed by atoms with Crippen LogP contribution in [0.15, 0.2) is 0 Å². The van der Waals surface area contributed by atoms with E-state index in [-0.39, 0.29) is 65.5 Å². The van der Waals surface area contributed by atoms with E-state index in [0.717, 1.165) is 0 Å². The zero-order chi connectivity index (χ0) is 4.50. The Morgan fingerprint density at radius 1 is 0.875 bits per heavy atom. The van der Waals surface area contributed by atoms with Crippen LogP contribution in [-0.2, 0) is 17.1 Å². The van der Waals surface area contributed by atoms with Gasteiger partial charge in [0.25, 0.3) is 0 Å². The molecule has 4 N–H and O–H groups in total. The van der Waals surface area contributed by atoms with Gasteiger partial charge in [0.1, 0.15) is 0 Å². The van der Waals surface area contributed by atoms with Crippen LogP contribution in [0.25, 0.3) is 0 Å². The molecule has 0 fully saturated rings. The van der Waals surface area contributed by atoms with Gasteiger partial charge in [0.05, 0.1) is 0 Å². The summed E-state index contributed by atoms with van der Waals surface area (Å²) < 4.78 is 0. The quantitative estimate of drug-likeness (QED) is 0.290. The van der Waals surface area contributed by atoms with Crippen molar-refractivity contribution < 1.29 is 36.3 Å². The van der Waals surface area contributed by atoms with E-state index < -0.39 is 9.05 Å². The number of hydrogen-bond donors (Lipinski definition) is 4. The average molecular weight is 184 g/mol. The van der Waals surface area contributed by atoms with E-state index in [2.05, 4.69) is 0 Å². The molecule has 0 amide bonds. The van der Waals surface area contributed by atoms with Crippen molar-refractivity contribution in [3.63, 3.8) is 0 Å². The van der Waals surface area contributed by atoms with Crippen LogP contribution in [0, 0.1) is 0 Å². The van der Waals surface area contributed by atoms with Gasteiger partial charge in [0, 0.05) is 17.1 Å². The summed E-state index contributed by atoms with van der Waals surface area (Å²) >= 11 is 0. The summed E-state index contributed by atoms with van der Waals surface area (Å²) in [4.78, 5) is 29.3. The van der Waals surface area contributed by atoms with Crippen molar-refractivity contribution in [1.82, 2.24) is 0 Å². The van der Waals surface area contributed by atoms with Gasteiger partial charge >= 0.3 is 57.5 Å². The van der Waals surface area contributed by atoms with Gasteiger partial charge in [-0.2, -0.15) is 0 Å². The molecule has 8 heavy (non-hydrogen) atoms. The van der Waals surface area contributed by atoms with E-state index >= 15 is 0 Å². The van der Waals surface area contributed by atoms with Crippen LogP contribution >= 0.6 is 0 Å². The molecule has 0 heterocycles. The second kappa shape index (κ2) is 9.17. The SMILES string of the molecule is O[Si](O)(O)O.[Fe].[LiH].[NaH]. The molecular formula is H6FeLiNaO4Si. The van der Waals surface area contributed by atoms with Gasteiger partial charge < -0.3 is 19.2 Å². The number of hydrogen-bond acceptors (Lipinski definition) is 4. The maximum absolute atomic E-state index is 7.33. The predicted octanol–water partition coefficient (Wildman–Crippen LogP) is -3.91. The Morgan fingerprint density at radius 3 is 0.875 bits per heavy atom. The van der Waals surface area contributed by atoms with Crippen molar-refractivity contribution in [3.8, 4) is 0 Å². The molecule has 4 nitrogen and oxygen atoms in total. The van der Waals surface area contributed by atoms with Gasteiger partial charge in [-0.15, -0.1) is 0 Å². The third kappa shape index (κ3) is 89.0. The van der Waals surface area contributed by atoms with Gasteiger partial charge in [0.2, 0.25) is 0 Å². The Morgan fingerprint density at radius 2 is 0.875 bits per heavy atom. The number of rotatable bonds is 0. The van der Waals surface area contributed by atoms with E-state index in [9.17, 15) is 0 Å². The van der Waals surface area contributed by atoms with Gasteiger partial charge in [-0.25, -0.2) is 0 Å². The van der Waals surface area contributed by atoms with Gasteiger partial charge in [-0.1, -0.05) is 0 Å². The standard InChI is InChI=1S/Fe.Li.Na.H4O4Si.2H/c;;;1-5(2,3)4;;/h;;;1-4H;;. The second-order valence-electron chi connectivity index (χ2n) is 0.600. The van der Waals surface area contributed by atoms with Crippen molar-refractivity contribution in [2.24, 2.45) is 0 Å². The molecule has 0 aliphatic rings. The zero-order valence-electron chi connectivity index (χ0n) is 2.64. The van der Waals surface area contributed by atoms with E-state index in [0.29, 0.717) is 0 Å². The molecule has 0 atom stereocenters. The predicted molar refractivity (Wildman–Crippen MR) is 28.9 cm³/mol. The van der Waals surface area contributed by atoms with Crippen LogP contribution in [-0.4, -0.2) is 76.6 Å². The van der Waals surface area contributed by atoms with Crippen LogP contribution in [0.2, 0.25) is 0 Å². The van der Waals surface area contributed by atoms with E-state index in [1.165, 1.54) is 0 Å². The Labute approximate surface area is 92.7 Å². The first-order valence-electron chi connectivity index (χ1n) is 0.894. The second-order valence-corrected chi connectivity index (χ2v) is 1.80. The minimum absolute atomic E-state index is 0. The topological polar surface area (TPSA) is 80.9 Å². The molecule has 0 aliphatic carbocycles. The monoisotopic (exact) mass is 184 g/mol. The van der Waals surface area contributed by atoms with Gasteiger partial charge in [0.15, 0.2) is 0 Å². The maximum atomic E-state index is 7.33. The Kier molecular flexibility index (Phi) is 25.8. The van der Waals surface area contributed by atoms with Crippen molar-refractivity contribution in [3.05, 3.63) is 0 Å². The minimum atomic E-state index is -4.61. The molecule has 0 rings (SSSR count). The molecule has 0 aliphatic heterocycles. The van der Waals surface area contributed by atoms with E-state index in [4.69, 9.17) is 19.2 Å². The summed E-state index contributed by atoms with van der Waals surface area (Å²) in [7, 11) is -4.61. The summed E-state index contributed by atoms with van der Waals surface area (Å²) in [6, 6.07) is 0. The fourth-order valence-corrected chi connectivity index (χ4v) is 0. The summed E-state index contributed by atoms with van der Waals surface area (Å²) in [6.07, 6.45) is 0. The normalized spacial score (nSPS) is 7.50. The van der Waals surface area contributed by atoms with Crippen molar-refractivity contribution in [2.75, 3.05) is 0 Å². The van der Waals surface area contributed by atoms with Crippen molar-refractivity contribution in [1.29, 1.82) is 0 Å². The van der Waals surface area contributed by atoms with Crippen LogP contribution in [0.3, 0.4) is 0 Å². The van der Waals surface area contributed by atoms with Crippen LogP contribution in [0.1, 0.15) is 0 Å². The molecule has 0 bridgehead atoms. The molecule has 0 aromatic rings. The third-order valence-corrected chi connectivity index (χ3v) is 0. The summed E-state index contributed by atoms with van der Waals surface area (Å²) in [5, 5.41) is 0. The molecule has 0 aromatic carbocycles. The fraction of sp³-hybridized carbons (Fsp3) is 0. The zero-order valence-corrected chi connectivity index (χ0v) is 4.75. The van der Waals surface area contributed by atoms with Crippen LogP contribution in [0.4, 0.5) is 0 Å². The van der Waals surface area contributed by atoms with E-state index in [1.54, 1.807) is 0 Å². The van der Waals surface area contributed by atoms with Crippen LogP contribution in [0.5, 0.6) is 0 Å². The summed E-state index contributed by atoms with van der Waals surface area (Å²) in [6.45, 7) is 0. The van der Waals surface area contributed by atoms with E-state index in [1.807, 2.05) is 0 Å². The first kappa shape index (κ1) is 22.5. The summed E-state index contributed by atoms with van der Waals surface area (Å²) in [5.41, 5.74) is 0. The summed E-state index contributed by atoms with van der Waals surface area (Å²) in [5.74, 6) is 0.